The van der Waals surface area contributed by atoms with Gasteiger partial charge in [0.05, 0.1) is 11.2 Å². The number of nitrogens with zero attached hydrogens (tertiary/aromatic N) is 3. The van der Waals surface area contributed by atoms with Gasteiger partial charge in [0.1, 0.15) is 5.52 Å². The number of aliphatic hydroxyl groups is 1. The van der Waals surface area contributed by atoms with Gasteiger partial charge >= 0.3 is 0 Å². The summed E-state index contributed by atoms with van der Waals surface area (Å²) in [6.07, 6.45) is -1.34. The van der Waals surface area contributed by atoms with Crippen LogP contribution in [-0.2, 0) is 4.79 Å². The Labute approximate surface area is 150 Å². The van der Waals surface area contributed by atoms with Crippen molar-refractivity contribution in [2.24, 2.45) is 0 Å². The van der Waals surface area contributed by atoms with E-state index < -0.39 is 12.0 Å². The Hall–Kier alpha value is -3.37. The van der Waals surface area contributed by atoms with Crippen LogP contribution in [0.5, 0.6) is 0 Å². The predicted octanol–water partition coefficient (Wildman–Crippen LogP) is 1.40. The van der Waals surface area contributed by atoms with Crippen molar-refractivity contribution >= 4 is 22.8 Å². The molecule has 3 rings (SSSR count). The van der Waals surface area contributed by atoms with Gasteiger partial charge < -0.3 is 15.7 Å². The van der Waals surface area contributed by atoms with Crippen LogP contribution >= 0.6 is 0 Å². The number of pyridine rings is 1. The smallest absolute Gasteiger partial charge is 0.263 e. The zero-order chi connectivity index (χ0) is 18.7. The van der Waals surface area contributed by atoms with Gasteiger partial charge in [-0.25, -0.2) is 4.98 Å². The van der Waals surface area contributed by atoms with E-state index in [0.29, 0.717) is 23.4 Å². The van der Waals surface area contributed by atoms with E-state index in [9.17, 15) is 9.90 Å². The largest absolute Gasteiger partial charge is 0.380 e. The van der Waals surface area contributed by atoms with Crippen LogP contribution < -0.4 is 5.73 Å². The molecule has 26 heavy (non-hydrogen) atoms. The molecule has 1 atom stereocenters. The number of aromatic amines is 1. The second-order valence-corrected chi connectivity index (χ2v) is 5.81. The SMILES string of the molecule is CCN(C)C(=O)[C@H](O)C#Cc1cccc(-c2ccc3[nH]nc(N)c3n2)c1. The van der Waals surface area contributed by atoms with Gasteiger partial charge in [-0.2, -0.15) is 5.10 Å². The molecule has 0 aliphatic rings. The van der Waals surface area contributed by atoms with E-state index in [-0.39, 0.29) is 0 Å². The fraction of sp³-hybridized carbons (Fsp3) is 0.211. The lowest BCUT2D eigenvalue weighted by atomic mass is 10.1. The van der Waals surface area contributed by atoms with E-state index in [1.165, 1.54) is 4.90 Å². The molecule has 0 aliphatic carbocycles. The van der Waals surface area contributed by atoms with E-state index in [1.54, 1.807) is 7.05 Å². The zero-order valence-electron chi connectivity index (χ0n) is 14.5. The molecule has 3 aromatic rings. The van der Waals surface area contributed by atoms with Crippen LogP contribution in [0.3, 0.4) is 0 Å². The van der Waals surface area contributed by atoms with E-state index in [0.717, 1.165) is 16.8 Å². The van der Waals surface area contributed by atoms with Crippen molar-refractivity contribution in [3.8, 4) is 23.1 Å². The molecule has 0 spiro atoms. The molecule has 7 nitrogen and oxygen atoms in total. The first-order valence-corrected chi connectivity index (χ1v) is 8.15. The monoisotopic (exact) mass is 349 g/mol. The van der Waals surface area contributed by atoms with Gasteiger partial charge in [0.25, 0.3) is 5.91 Å². The van der Waals surface area contributed by atoms with E-state index in [2.05, 4.69) is 27.0 Å². The molecule has 2 heterocycles. The lowest BCUT2D eigenvalue weighted by Gasteiger charge is -2.15. The number of nitrogen functional groups attached to an aromatic ring is 1. The van der Waals surface area contributed by atoms with Crippen LogP contribution in [0.15, 0.2) is 36.4 Å². The number of fused-ring (bicyclic) bond motifs is 1. The molecule has 4 N–H and O–H groups in total. The topological polar surface area (TPSA) is 108 Å². The molecule has 132 valence electrons. The summed E-state index contributed by atoms with van der Waals surface area (Å²) in [5.41, 5.74) is 9.45. The van der Waals surface area contributed by atoms with Crippen molar-refractivity contribution in [1.29, 1.82) is 0 Å². The van der Waals surface area contributed by atoms with E-state index >= 15 is 0 Å². The highest BCUT2D eigenvalue weighted by Gasteiger charge is 2.15. The minimum Gasteiger partial charge on any atom is -0.380 e. The molecular formula is C19H19N5O2. The lowest BCUT2D eigenvalue weighted by Crippen LogP contribution is -2.35. The summed E-state index contributed by atoms with van der Waals surface area (Å²) in [4.78, 5) is 17.8. The Morgan fingerprint density at radius 3 is 2.96 bits per heavy atom. The van der Waals surface area contributed by atoms with Gasteiger partial charge in [0.2, 0.25) is 0 Å². The molecule has 0 saturated carbocycles. The summed E-state index contributed by atoms with van der Waals surface area (Å²) in [7, 11) is 1.62. The number of nitrogens with two attached hydrogens (primary N) is 1. The summed E-state index contributed by atoms with van der Waals surface area (Å²) >= 11 is 0. The number of aromatic nitrogens is 3. The molecule has 7 heteroatoms. The third-order valence-electron chi connectivity index (χ3n) is 4.03. The number of nitrogens with one attached hydrogen (secondary N) is 1. The van der Waals surface area contributed by atoms with Gasteiger partial charge in [-0.1, -0.05) is 24.0 Å². The van der Waals surface area contributed by atoms with Crippen LogP contribution in [0.4, 0.5) is 5.82 Å². The van der Waals surface area contributed by atoms with Crippen molar-refractivity contribution in [2.75, 3.05) is 19.3 Å². The number of benzene rings is 1. The van der Waals surface area contributed by atoms with E-state index in [1.807, 2.05) is 43.3 Å². The minimum absolute atomic E-state index is 0.347. The van der Waals surface area contributed by atoms with Gasteiger partial charge in [0, 0.05) is 24.7 Å². The average Bonchev–Trinajstić information content (AvgIpc) is 3.05. The average molecular weight is 349 g/mol. The van der Waals surface area contributed by atoms with Gasteiger partial charge in [0.15, 0.2) is 11.9 Å². The van der Waals surface area contributed by atoms with E-state index in [4.69, 9.17) is 5.73 Å². The number of carbonyl (C=O) groups is 1. The highest BCUT2D eigenvalue weighted by Crippen LogP contribution is 2.23. The summed E-state index contributed by atoms with van der Waals surface area (Å²) in [5, 5.41) is 16.6. The third-order valence-corrected chi connectivity index (χ3v) is 4.03. The van der Waals surface area contributed by atoms with Crippen LogP contribution in [0, 0.1) is 11.8 Å². The van der Waals surface area contributed by atoms with Gasteiger partial charge in [-0.3, -0.25) is 9.89 Å². The lowest BCUT2D eigenvalue weighted by molar-refractivity contribution is -0.135. The quantitative estimate of drug-likeness (QED) is 0.620. The molecule has 0 aliphatic heterocycles. The Bertz CT molecular complexity index is 1020. The van der Waals surface area contributed by atoms with Crippen molar-refractivity contribution < 1.29 is 9.90 Å². The number of anilines is 1. The maximum atomic E-state index is 11.9. The number of carbonyl (C=O) groups excluding carboxylic acids is 1. The molecule has 0 saturated heterocycles. The molecule has 2 aromatic heterocycles. The number of H-pyrrole nitrogens is 1. The standard InChI is InChI=1S/C19H19N5O2/c1-3-24(2)19(26)16(25)10-7-12-5-4-6-13(11-12)14-8-9-15-17(21-14)18(20)23-22-15/h4-6,8-9,11,16,25H,3H2,1-2H3,(H3,20,22,23)/t16-/m1/s1. The Morgan fingerprint density at radius 1 is 1.38 bits per heavy atom. The Kier molecular flexibility index (Phi) is 4.87. The van der Waals surface area contributed by atoms with Crippen LogP contribution in [0.2, 0.25) is 0 Å². The fourth-order valence-corrected chi connectivity index (χ4v) is 2.41. The van der Waals surface area contributed by atoms with Crippen molar-refractivity contribution in [3.05, 3.63) is 42.0 Å². The molecule has 0 unspecified atom stereocenters. The molecular weight excluding hydrogens is 330 g/mol. The number of hydrogen-bond acceptors (Lipinski definition) is 5. The minimum atomic E-state index is -1.34. The van der Waals surface area contributed by atoms with Crippen molar-refractivity contribution in [3.63, 3.8) is 0 Å². The summed E-state index contributed by atoms with van der Waals surface area (Å²) in [5.74, 6) is 5.35. The number of amides is 1. The highest BCUT2D eigenvalue weighted by atomic mass is 16.3. The summed E-state index contributed by atoms with van der Waals surface area (Å²) in [6.45, 7) is 2.34. The fourth-order valence-electron chi connectivity index (χ4n) is 2.41. The summed E-state index contributed by atoms with van der Waals surface area (Å²) < 4.78 is 0. The first-order valence-electron chi connectivity index (χ1n) is 8.15. The molecule has 0 bridgehead atoms. The van der Waals surface area contributed by atoms with Gasteiger partial charge in [-0.05, 0) is 31.2 Å². The molecule has 1 amide bonds. The maximum Gasteiger partial charge on any atom is 0.263 e. The highest BCUT2D eigenvalue weighted by molar-refractivity contribution is 5.86. The third kappa shape index (κ3) is 3.50. The molecule has 1 aromatic carbocycles. The maximum absolute atomic E-state index is 11.9. The second kappa shape index (κ2) is 7.25. The first kappa shape index (κ1) is 17.5. The van der Waals surface area contributed by atoms with Crippen LogP contribution in [-0.4, -0.2) is 50.8 Å². The predicted molar refractivity (Wildman–Crippen MR) is 99.9 cm³/mol. The molecule has 0 radical (unpaired) electrons. The zero-order valence-corrected chi connectivity index (χ0v) is 14.5. The van der Waals surface area contributed by atoms with Crippen molar-refractivity contribution in [2.45, 2.75) is 13.0 Å². The summed E-state index contributed by atoms with van der Waals surface area (Å²) in [6, 6.07) is 11.1. The normalized spacial score (nSPS) is 11.7. The number of aliphatic hydroxyl groups excluding tert-OH is 1. The second-order valence-electron chi connectivity index (χ2n) is 5.81. The Balaban J connectivity index is 1.87. The number of rotatable bonds is 3. The number of likely N-dealkylation sites (N-methyl/N-ethyl adjacent to an activating group) is 1. The van der Waals surface area contributed by atoms with Crippen LogP contribution in [0.1, 0.15) is 12.5 Å². The number of hydrogen-bond donors (Lipinski definition) is 3. The Morgan fingerprint density at radius 2 is 2.19 bits per heavy atom. The van der Waals surface area contributed by atoms with Gasteiger partial charge in [-0.15, -0.1) is 0 Å². The van der Waals surface area contributed by atoms with Crippen molar-refractivity contribution in [1.82, 2.24) is 20.1 Å². The molecule has 0 fully saturated rings. The van der Waals surface area contributed by atoms with Crippen LogP contribution in [0.25, 0.3) is 22.3 Å². The first-order chi connectivity index (χ1) is 12.5.